The molecule has 0 aromatic heterocycles. The summed E-state index contributed by atoms with van der Waals surface area (Å²) in [4.78, 5) is 14.5. The number of rotatable bonds is 3. The normalized spacial score (nSPS) is 14.2. The fourth-order valence-corrected chi connectivity index (χ4v) is 3.20. The second-order valence-corrected chi connectivity index (χ2v) is 5.68. The van der Waals surface area contributed by atoms with Gasteiger partial charge in [-0.15, -0.1) is 23.4 Å². The second kappa shape index (κ2) is 5.78. The molecular formula is C13H16ClNOS. The fourth-order valence-electron chi connectivity index (χ4n) is 1.98. The highest BCUT2D eigenvalue weighted by atomic mass is 35.5. The lowest BCUT2D eigenvalue weighted by Crippen LogP contribution is -2.27. The molecule has 1 aromatic rings. The van der Waals surface area contributed by atoms with E-state index in [-0.39, 0.29) is 11.8 Å². The lowest BCUT2D eigenvalue weighted by atomic mass is 10.1. The van der Waals surface area contributed by atoms with E-state index < -0.39 is 0 Å². The number of benzene rings is 1. The molecule has 1 amide bonds. The first-order chi connectivity index (χ1) is 8.20. The molecule has 2 nitrogen and oxygen atoms in total. The van der Waals surface area contributed by atoms with Gasteiger partial charge in [-0.25, -0.2) is 0 Å². The van der Waals surface area contributed by atoms with E-state index in [0.717, 1.165) is 6.42 Å². The average Bonchev–Trinajstić information content (AvgIpc) is 2.37. The van der Waals surface area contributed by atoms with Crippen LogP contribution in [0.25, 0.3) is 0 Å². The number of amides is 1. The van der Waals surface area contributed by atoms with Crippen molar-refractivity contribution in [1.82, 2.24) is 4.90 Å². The van der Waals surface area contributed by atoms with Crippen LogP contribution in [0, 0.1) is 0 Å². The van der Waals surface area contributed by atoms with E-state index >= 15 is 0 Å². The maximum atomic E-state index is 11.4. The first kappa shape index (κ1) is 12.8. The van der Waals surface area contributed by atoms with Gasteiger partial charge in [-0.05, 0) is 35.8 Å². The van der Waals surface area contributed by atoms with E-state index in [1.807, 2.05) is 11.8 Å². The van der Waals surface area contributed by atoms with Gasteiger partial charge in [-0.2, -0.15) is 0 Å². The summed E-state index contributed by atoms with van der Waals surface area (Å²) < 4.78 is 0. The van der Waals surface area contributed by atoms with Crippen LogP contribution in [-0.4, -0.2) is 29.5 Å². The average molecular weight is 270 g/mol. The molecule has 17 heavy (non-hydrogen) atoms. The molecule has 1 aromatic carbocycles. The Morgan fingerprint density at radius 3 is 3.12 bits per heavy atom. The van der Waals surface area contributed by atoms with Crippen molar-refractivity contribution in [2.75, 3.05) is 18.7 Å². The van der Waals surface area contributed by atoms with Crippen LogP contribution < -0.4 is 0 Å². The maximum Gasteiger partial charge on any atom is 0.237 e. The molecule has 0 bridgehead atoms. The Bertz CT molecular complexity index is 422. The van der Waals surface area contributed by atoms with Crippen LogP contribution in [0.5, 0.6) is 0 Å². The number of thioether (sulfide) groups is 1. The summed E-state index contributed by atoms with van der Waals surface area (Å²) in [5.41, 5.74) is 2.61. The number of halogens is 1. The van der Waals surface area contributed by atoms with Crippen molar-refractivity contribution in [3.8, 4) is 0 Å². The number of carbonyl (C=O) groups is 1. The molecular weight excluding hydrogens is 254 g/mol. The molecule has 0 saturated heterocycles. The summed E-state index contributed by atoms with van der Waals surface area (Å²) in [5, 5.41) is 0. The highest BCUT2D eigenvalue weighted by Gasteiger charge is 2.12. The Morgan fingerprint density at radius 2 is 2.35 bits per heavy atom. The summed E-state index contributed by atoms with van der Waals surface area (Å²) in [5.74, 6) is 1.24. The molecule has 1 aliphatic heterocycles. The van der Waals surface area contributed by atoms with Gasteiger partial charge in [-0.1, -0.05) is 12.1 Å². The van der Waals surface area contributed by atoms with E-state index in [4.69, 9.17) is 11.6 Å². The van der Waals surface area contributed by atoms with Crippen molar-refractivity contribution < 1.29 is 4.79 Å². The zero-order chi connectivity index (χ0) is 12.3. The first-order valence-corrected chi connectivity index (χ1v) is 7.27. The highest BCUT2D eigenvalue weighted by molar-refractivity contribution is 7.99. The number of carbonyl (C=O) groups excluding carboxylic acids is 1. The van der Waals surface area contributed by atoms with Gasteiger partial charge < -0.3 is 4.90 Å². The summed E-state index contributed by atoms with van der Waals surface area (Å²) in [6, 6.07) is 6.50. The molecule has 1 heterocycles. The van der Waals surface area contributed by atoms with Crippen LogP contribution >= 0.6 is 23.4 Å². The van der Waals surface area contributed by atoms with Gasteiger partial charge in [0.05, 0.1) is 0 Å². The molecule has 0 atom stereocenters. The Labute approximate surface area is 111 Å². The van der Waals surface area contributed by atoms with Gasteiger partial charge in [0, 0.05) is 18.5 Å². The molecule has 1 aliphatic rings. The van der Waals surface area contributed by atoms with E-state index in [0.29, 0.717) is 6.54 Å². The smallest absolute Gasteiger partial charge is 0.237 e. The predicted octanol–water partition coefficient (Wildman–Crippen LogP) is 2.92. The summed E-state index contributed by atoms with van der Waals surface area (Å²) >= 11 is 7.46. The van der Waals surface area contributed by atoms with Crippen molar-refractivity contribution in [2.45, 2.75) is 24.3 Å². The molecule has 0 radical (unpaired) electrons. The minimum Gasteiger partial charge on any atom is -0.340 e. The molecule has 0 saturated carbocycles. The number of nitrogens with zero attached hydrogens (tertiary/aromatic N) is 1. The third-order valence-electron chi connectivity index (χ3n) is 2.93. The maximum absolute atomic E-state index is 11.4. The summed E-state index contributed by atoms with van der Waals surface area (Å²) in [6.45, 7) is 0.642. The quantitative estimate of drug-likeness (QED) is 0.787. The molecule has 0 spiro atoms. The second-order valence-electron chi connectivity index (χ2n) is 4.28. The lowest BCUT2D eigenvalue weighted by molar-refractivity contribution is -0.127. The van der Waals surface area contributed by atoms with Crippen LogP contribution in [0.1, 0.15) is 17.5 Å². The Hall–Kier alpha value is -0.670. The van der Waals surface area contributed by atoms with Crippen molar-refractivity contribution in [3.63, 3.8) is 0 Å². The number of hydrogen-bond acceptors (Lipinski definition) is 2. The van der Waals surface area contributed by atoms with Gasteiger partial charge >= 0.3 is 0 Å². The van der Waals surface area contributed by atoms with E-state index in [1.165, 1.54) is 28.2 Å². The van der Waals surface area contributed by atoms with Gasteiger partial charge in [0.15, 0.2) is 0 Å². The SMILES string of the molecule is CN(Cc1ccc2c(c1)CCCS2)C(=O)CCl. The zero-order valence-corrected chi connectivity index (χ0v) is 11.5. The summed E-state index contributed by atoms with van der Waals surface area (Å²) in [6.07, 6.45) is 2.40. The van der Waals surface area contributed by atoms with Crippen LogP contribution in [0.15, 0.2) is 23.1 Å². The lowest BCUT2D eigenvalue weighted by Gasteiger charge is -2.19. The molecule has 2 rings (SSSR count). The molecule has 0 unspecified atom stereocenters. The topological polar surface area (TPSA) is 20.3 Å². The van der Waals surface area contributed by atoms with Crippen LogP contribution in [0.4, 0.5) is 0 Å². The minimum absolute atomic E-state index is 0.0289. The Morgan fingerprint density at radius 1 is 1.53 bits per heavy atom. The van der Waals surface area contributed by atoms with Crippen LogP contribution in [-0.2, 0) is 17.8 Å². The molecule has 4 heteroatoms. The van der Waals surface area contributed by atoms with E-state index in [9.17, 15) is 4.79 Å². The standard InChI is InChI=1S/C13H16ClNOS/c1-15(13(16)8-14)9-10-4-5-12-11(7-10)3-2-6-17-12/h4-5,7H,2-3,6,8-9H2,1H3. The number of aryl methyl sites for hydroxylation is 1. The first-order valence-electron chi connectivity index (χ1n) is 5.75. The number of alkyl halides is 1. The van der Waals surface area contributed by atoms with Gasteiger partial charge in [-0.3, -0.25) is 4.79 Å². The third kappa shape index (κ3) is 3.17. The fraction of sp³-hybridized carbons (Fsp3) is 0.462. The van der Waals surface area contributed by atoms with Crippen LogP contribution in [0.2, 0.25) is 0 Å². The largest absolute Gasteiger partial charge is 0.340 e. The monoisotopic (exact) mass is 269 g/mol. The molecule has 92 valence electrons. The van der Waals surface area contributed by atoms with Crippen molar-refractivity contribution >= 4 is 29.3 Å². The third-order valence-corrected chi connectivity index (χ3v) is 4.36. The van der Waals surface area contributed by atoms with Crippen molar-refractivity contribution in [2.24, 2.45) is 0 Å². The van der Waals surface area contributed by atoms with E-state index in [2.05, 4.69) is 18.2 Å². The Balaban J connectivity index is 2.09. The predicted molar refractivity (Wildman–Crippen MR) is 72.7 cm³/mol. The number of fused-ring (bicyclic) bond motifs is 1. The molecule has 0 aliphatic carbocycles. The van der Waals surface area contributed by atoms with Crippen molar-refractivity contribution in [3.05, 3.63) is 29.3 Å². The number of hydrogen-bond donors (Lipinski definition) is 0. The zero-order valence-electron chi connectivity index (χ0n) is 9.91. The highest BCUT2D eigenvalue weighted by Crippen LogP contribution is 2.30. The van der Waals surface area contributed by atoms with E-state index in [1.54, 1.807) is 11.9 Å². The van der Waals surface area contributed by atoms with Crippen molar-refractivity contribution in [1.29, 1.82) is 0 Å². The Kier molecular flexibility index (Phi) is 4.35. The summed E-state index contributed by atoms with van der Waals surface area (Å²) in [7, 11) is 1.79. The van der Waals surface area contributed by atoms with Gasteiger partial charge in [0.1, 0.15) is 5.88 Å². The van der Waals surface area contributed by atoms with Gasteiger partial charge in [0.2, 0.25) is 5.91 Å². The van der Waals surface area contributed by atoms with Gasteiger partial charge in [0.25, 0.3) is 0 Å². The molecule has 0 N–H and O–H groups in total. The minimum atomic E-state index is -0.0289. The van der Waals surface area contributed by atoms with Crippen LogP contribution in [0.3, 0.4) is 0 Å². The molecule has 0 fully saturated rings.